The molecule has 0 aliphatic carbocycles. The highest BCUT2D eigenvalue weighted by Gasteiger charge is 2.18. The molecule has 0 aliphatic rings. The molecule has 3 aromatic carbocycles. The second kappa shape index (κ2) is 8.57. The number of carbonyl (C=O) groups is 1. The van der Waals surface area contributed by atoms with Gasteiger partial charge in [-0.05, 0) is 46.2 Å². The van der Waals surface area contributed by atoms with Crippen molar-refractivity contribution in [2.45, 2.75) is 13.1 Å². The molecule has 0 aliphatic heterocycles. The highest BCUT2D eigenvalue weighted by Crippen LogP contribution is 2.22. The van der Waals surface area contributed by atoms with Crippen LogP contribution in [0.3, 0.4) is 0 Å². The van der Waals surface area contributed by atoms with Crippen molar-refractivity contribution in [1.29, 1.82) is 0 Å². The van der Waals surface area contributed by atoms with Gasteiger partial charge >= 0.3 is 0 Å². The first-order chi connectivity index (χ1) is 14.2. The van der Waals surface area contributed by atoms with Crippen LogP contribution in [0.4, 0.5) is 0 Å². The minimum atomic E-state index is -0.0400. The van der Waals surface area contributed by atoms with Crippen LogP contribution in [0.5, 0.6) is 5.75 Å². The number of ether oxygens (including phenoxy) is 1. The zero-order chi connectivity index (χ0) is 20.1. The topological polar surface area (TPSA) is 42.4 Å². The standard InChI is InChI=1S/C25H22N2O2/c1-29-23-13-11-19(12-14-23)17-27(25(28)21-9-5-15-26-16-21)18-22-8-4-7-20-6-2-3-10-24(20)22/h2-16H,17-18H2,1H3. The van der Waals surface area contributed by atoms with E-state index in [1.807, 2.05) is 47.4 Å². The number of benzene rings is 3. The van der Waals surface area contributed by atoms with Crippen LogP contribution in [0.25, 0.3) is 10.8 Å². The number of amides is 1. The summed E-state index contributed by atoms with van der Waals surface area (Å²) in [4.78, 5) is 19.2. The van der Waals surface area contributed by atoms with E-state index in [0.717, 1.165) is 22.3 Å². The summed E-state index contributed by atoms with van der Waals surface area (Å²) in [6.07, 6.45) is 3.29. The van der Waals surface area contributed by atoms with Crippen LogP contribution in [-0.4, -0.2) is 22.9 Å². The third-order valence-corrected chi connectivity index (χ3v) is 4.97. The second-order valence-corrected chi connectivity index (χ2v) is 6.89. The molecule has 0 radical (unpaired) electrons. The number of hydrogen-bond acceptors (Lipinski definition) is 3. The normalized spacial score (nSPS) is 10.7. The fourth-order valence-electron chi connectivity index (χ4n) is 3.46. The molecule has 1 heterocycles. The molecule has 0 saturated carbocycles. The van der Waals surface area contributed by atoms with Gasteiger partial charge in [0, 0.05) is 25.5 Å². The second-order valence-electron chi connectivity index (χ2n) is 6.89. The maximum Gasteiger partial charge on any atom is 0.256 e. The smallest absolute Gasteiger partial charge is 0.256 e. The van der Waals surface area contributed by atoms with Gasteiger partial charge in [-0.1, -0.05) is 54.6 Å². The Morgan fingerprint density at radius 3 is 2.45 bits per heavy atom. The van der Waals surface area contributed by atoms with Crippen molar-refractivity contribution < 1.29 is 9.53 Å². The Bertz CT molecular complexity index is 1100. The van der Waals surface area contributed by atoms with Gasteiger partial charge in [0.05, 0.1) is 12.7 Å². The quantitative estimate of drug-likeness (QED) is 0.467. The van der Waals surface area contributed by atoms with Gasteiger partial charge in [-0.15, -0.1) is 0 Å². The average Bonchev–Trinajstić information content (AvgIpc) is 2.79. The van der Waals surface area contributed by atoms with E-state index >= 15 is 0 Å². The number of nitrogens with zero attached hydrogens (tertiary/aromatic N) is 2. The SMILES string of the molecule is COc1ccc(CN(Cc2cccc3ccccc23)C(=O)c2cccnc2)cc1. The number of carbonyl (C=O) groups excluding carboxylic acids is 1. The molecule has 4 aromatic rings. The van der Waals surface area contributed by atoms with Crippen LogP contribution < -0.4 is 4.74 Å². The molecular formula is C25H22N2O2. The summed E-state index contributed by atoms with van der Waals surface area (Å²) in [7, 11) is 1.65. The van der Waals surface area contributed by atoms with E-state index in [4.69, 9.17) is 4.74 Å². The van der Waals surface area contributed by atoms with Crippen molar-refractivity contribution >= 4 is 16.7 Å². The fraction of sp³-hybridized carbons (Fsp3) is 0.120. The summed E-state index contributed by atoms with van der Waals surface area (Å²) >= 11 is 0. The largest absolute Gasteiger partial charge is 0.497 e. The molecule has 29 heavy (non-hydrogen) atoms. The Morgan fingerprint density at radius 1 is 0.897 bits per heavy atom. The van der Waals surface area contributed by atoms with E-state index in [2.05, 4.69) is 29.2 Å². The molecule has 0 fully saturated rings. The lowest BCUT2D eigenvalue weighted by molar-refractivity contribution is 0.0730. The van der Waals surface area contributed by atoms with E-state index in [0.29, 0.717) is 18.7 Å². The van der Waals surface area contributed by atoms with E-state index in [-0.39, 0.29) is 5.91 Å². The van der Waals surface area contributed by atoms with Gasteiger partial charge in [0.2, 0.25) is 0 Å². The first-order valence-corrected chi connectivity index (χ1v) is 9.53. The van der Waals surface area contributed by atoms with Crippen LogP contribution in [-0.2, 0) is 13.1 Å². The lowest BCUT2D eigenvalue weighted by Gasteiger charge is -2.24. The molecule has 0 unspecified atom stereocenters. The fourth-order valence-corrected chi connectivity index (χ4v) is 3.46. The predicted molar refractivity (Wildman–Crippen MR) is 115 cm³/mol. The first kappa shape index (κ1) is 18.7. The van der Waals surface area contributed by atoms with Crippen molar-refractivity contribution in [2.75, 3.05) is 7.11 Å². The minimum absolute atomic E-state index is 0.0400. The molecule has 1 aromatic heterocycles. The number of hydrogen-bond donors (Lipinski definition) is 0. The lowest BCUT2D eigenvalue weighted by Crippen LogP contribution is -2.30. The first-order valence-electron chi connectivity index (χ1n) is 9.53. The molecule has 0 bridgehead atoms. The number of pyridine rings is 1. The summed E-state index contributed by atoms with van der Waals surface area (Å²) in [6.45, 7) is 1.02. The summed E-state index contributed by atoms with van der Waals surface area (Å²) in [5.41, 5.74) is 2.75. The highest BCUT2D eigenvalue weighted by molar-refractivity contribution is 5.94. The molecule has 4 rings (SSSR count). The number of rotatable bonds is 6. The highest BCUT2D eigenvalue weighted by atomic mass is 16.5. The molecule has 4 heteroatoms. The zero-order valence-corrected chi connectivity index (χ0v) is 16.3. The van der Waals surface area contributed by atoms with Gasteiger partial charge in [0.15, 0.2) is 0 Å². The average molecular weight is 382 g/mol. The molecular weight excluding hydrogens is 360 g/mol. The number of fused-ring (bicyclic) bond motifs is 1. The Hall–Kier alpha value is -3.66. The van der Waals surface area contributed by atoms with Crippen LogP contribution in [0, 0.1) is 0 Å². The van der Waals surface area contributed by atoms with Gasteiger partial charge in [0.25, 0.3) is 5.91 Å². The van der Waals surface area contributed by atoms with Gasteiger partial charge in [-0.2, -0.15) is 0 Å². The molecule has 1 amide bonds. The molecule has 0 atom stereocenters. The molecule has 0 saturated heterocycles. The van der Waals surface area contributed by atoms with E-state index in [1.54, 1.807) is 31.6 Å². The molecule has 144 valence electrons. The van der Waals surface area contributed by atoms with Crippen LogP contribution in [0.2, 0.25) is 0 Å². The summed E-state index contributed by atoms with van der Waals surface area (Å²) in [5.74, 6) is 0.759. The van der Waals surface area contributed by atoms with Gasteiger partial charge in [0.1, 0.15) is 5.75 Å². The van der Waals surface area contributed by atoms with Crippen molar-refractivity contribution in [2.24, 2.45) is 0 Å². The van der Waals surface area contributed by atoms with E-state index < -0.39 is 0 Å². The third-order valence-electron chi connectivity index (χ3n) is 4.97. The minimum Gasteiger partial charge on any atom is -0.497 e. The van der Waals surface area contributed by atoms with Crippen LogP contribution >= 0.6 is 0 Å². The monoisotopic (exact) mass is 382 g/mol. The van der Waals surface area contributed by atoms with Crippen molar-refractivity contribution in [3.63, 3.8) is 0 Å². The molecule has 0 N–H and O–H groups in total. The zero-order valence-electron chi connectivity index (χ0n) is 16.3. The maximum absolute atomic E-state index is 13.3. The van der Waals surface area contributed by atoms with Gasteiger partial charge < -0.3 is 9.64 Å². The van der Waals surface area contributed by atoms with Gasteiger partial charge in [-0.25, -0.2) is 0 Å². The maximum atomic E-state index is 13.3. The Morgan fingerprint density at radius 2 is 1.69 bits per heavy atom. The van der Waals surface area contributed by atoms with E-state index in [9.17, 15) is 4.79 Å². The number of methoxy groups -OCH3 is 1. The van der Waals surface area contributed by atoms with Crippen molar-refractivity contribution in [3.8, 4) is 5.75 Å². The van der Waals surface area contributed by atoms with E-state index in [1.165, 1.54) is 5.39 Å². The van der Waals surface area contributed by atoms with Gasteiger partial charge in [-0.3, -0.25) is 9.78 Å². The van der Waals surface area contributed by atoms with Crippen LogP contribution in [0.15, 0.2) is 91.3 Å². The van der Waals surface area contributed by atoms with Crippen molar-refractivity contribution in [3.05, 3.63) is 108 Å². The van der Waals surface area contributed by atoms with Crippen molar-refractivity contribution in [1.82, 2.24) is 9.88 Å². The lowest BCUT2D eigenvalue weighted by atomic mass is 10.0. The summed E-state index contributed by atoms with van der Waals surface area (Å²) in [5, 5.41) is 2.33. The Labute approximate surface area is 170 Å². The number of aromatic nitrogens is 1. The molecule has 4 nitrogen and oxygen atoms in total. The summed E-state index contributed by atoms with van der Waals surface area (Å²) < 4.78 is 5.25. The third kappa shape index (κ3) is 4.27. The molecule has 0 spiro atoms. The van der Waals surface area contributed by atoms with Crippen LogP contribution in [0.1, 0.15) is 21.5 Å². The Kier molecular flexibility index (Phi) is 5.52. The Balaban J connectivity index is 1.68. The summed E-state index contributed by atoms with van der Waals surface area (Å²) in [6, 6.07) is 25.9. The predicted octanol–water partition coefficient (Wildman–Crippen LogP) is 5.09.